The molecule has 1 saturated heterocycles. The van der Waals surface area contributed by atoms with Gasteiger partial charge >= 0.3 is 6.03 Å². The fraction of sp³-hybridized carbons (Fsp3) is 0.875. The van der Waals surface area contributed by atoms with E-state index >= 15 is 0 Å². The summed E-state index contributed by atoms with van der Waals surface area (Å²) >= 11 is 1.89. The van der Waals surface area contributed by atoms with Crippen molar-refractivity contribution in [3.05, 3.63) is 0 Å². The smallest absolute Gasteiger partial charge is 0.324 e. The number of carbonyl (C=O) groups excluding carboxylic acids is 1. The van der Waals surface area contributed by atoms with Crippen LogP contribution in [0, 0.1) is 11.8 Å². The molecule has 1 fully saturated rings. The van der Waals surface area contributed by atoms with E-state index in [-0.39, 0.29) is 6.03 Å². The first kappa shape index (κ1) is 10.1. The Bertz CT molecular complexity index is 164. The van der Waals surface area contributed by atoms with Crippen LogP contribution in [0.25, 0.3) is 0 Å². The van der Waals surface area contributed by atoms with E-state index in [1.807, 2.05) is 27.8 Å². The molecule has 0 bridgehead atoms. The number of likely N-dealkylation sites (tertiary alicyclic amines) is 1. The van der Waals surface area contributed by atoms with Gasteiger partial charge in [0.15, 0.2) is 0 Å². The highest BCUT2D eigenvalue weighted by atomic mass is 127. The van der Waals surface area contributed by atoms with Gasteiger partial charge in [0.25, 0.3) is 0 Å². The second-order valence-corrected chi connectivity index (χ2v) is 4.29. The van der Waals surface area contributed by atoms with Crippen molar-refractivity contribution in [3.63, 3.8) is 0 Å². The maximum atomic E-state index is 11.3. The molecule has 0 aliphatic carbocycles. The van der Waals surface area contributed by atoms with E-state index in [2.05, 4.69) is 17.4 Å². The van der Waals surface area contributed by atoms with Gasteiger partial charge in [-0.2, -0.15) is 0 Å². The minimum Gasteiger partial charge on any atom is -0.324 e. The lowest BCUT2D eigenvalue weighted by molar-refractivity contribution is 0.152. The summed E-state index contributed by atoms with van der Waals surface area (Å²) in [5.74, 6) is 1.28. The average molecular weight is 282 g/mol. The Kier molecular flexibility index (Phi) is 3.61. The third-order valence-electron chi connectivity index (χ3n) is 2.24. The predicted octanol–water partition coefficient (Wildman–Crippen LogP) is 2.02. The van der Waals surface area contributed by atoms with Crippen molar-refractivity contribution in [2.45, 2.75) is 20.3 Å². The predicted molar refractivity (Wildman–Crippen MR) is 57.1 cm³/mol. The summed E-state index contributed by atoms with van der Waals surface area (Å²) < 4.78 is 2.63. The van der Waals surface area contributed by atoms with E-state index in [1.54, 1.807) is 0 Å². The molecule has 0 saturated carbocycles. The van der Waals surface area contributed by atoms with Crippen LogP contribution in [0.4, 0.5) is 4.79 Å². The van der Waals surface area contributed by atoms with Gasteiger partial charge in [-0.25, -0.2) is 4.79 Å². The molecule has 4 heteroatoms. The van der Waals surface area contributed by atoms with E-state index in [4.69, 9.17) is 0 Å². The van der Waals surface area contributed by atoms with Crippen molar-refractivity contribution < 1.29 is 4.79 Å². The van der Waals surface area contributed by atoms with Gasteiger partial charge in [0.1, 0.15) is 0 Å². The number of halogens is 1. The Morgan fingerprint density at radius 3 is 2.33 bits per heavy atom. The summed E-state index contributed by atoms with van der Waals surface area (Å²) in [6.45, 7) is 6.20. The topological polar surface area (TPSA) is 32.3 Å². The lowest BCUT2D eigenvalue weighted by Gasteiger charge is -2.34. The number of rotatable bonds is 0. The Morgan fingerprint density at radius 2 is 1.92 bits per heavy atom. The monoisotopic (exact) mass is 282 g/mol. The maximum Gasteiger partial charge on any atom is 0.326 e. The summed E-state index contributed by atoms with van der Waals surface area (Å²) in [4.78, 5) is 13.2. The van der Waals surface area contributed by atoms with Crippen LogP contribution in [0.1, 0.15) is 20.3 Å². The lowest BCUT2D eigenvalue weighted by Crippen LogP contribution is -2.45. The number of carbonyl (C=O) groups is 1. The lowest BCUT2D eigenvalue weighted by atomic mass is 9.92. The maximum absolute atomic E-state index is 11.3. The van der Waals surface area contributed by atoms with Gasteiger partial charge in [-0.15, -0.1) is 0 Å². The Hall–Kier alpha value is 0. The van der Waals surface area contributed by atoms with Crippen LogP contribution in [0.5, 0.6) is 0 Å². The second kappa shape index (κ2) is 4.30. The fourth-order valence-corrected chi connectivity index (χ4v) is 2.23. The number of urea groups is 1. The van der Waals surface area contributed by atoms with Gasteiger partial charge in [-0.1, -0.05) is 13.8 Å². The first-order valence-corrected chi connectivity index (χ1v) is 5.37. The summed E-state index contributed by atoms with van der Waals surface area (Å²) in [5, 5.41) is 0. The molecule has 12 heavy (non-hydrogen) atoms. The molecule has 0 aromatic rings. The first-order chi connectivity index (χ1) is 5.63. The number of piperidine rings is 1. The molecule has 70 valence electrons. The highest BCUT2D eigenvalue weighted by Gasteiger charge is 2.24. The van der Waals surface area contributed by atoms with Gasteiger partial charge in [-0.05, 0) is 18.3 Å². The SMILES string of the molecule is CC1CC(C)CN(C(=O)NI)C1. The average Bonchev–Trinajstić information content (AvgIpc) is 2.01. The summed E-state index contributed by atoms with van der Waals surface area (Å²) in [6.07, 6.45) is 1.24. The number of hydrogen-bond donors (Lipinski definition) is 1. The molecule has 1 heterocycles. The highest BCUT2D eigenvalue weighted by Crippen LogP contribution is 2.20. The van der Waals surface area contributed by atoms with Crippen LogP contribution in [-0.4, -0.2) is 24.0 Å². The third kappa shape index (κ3) is 2.50. The van der Waals surface area contributed by atoms with Crippen molar-refractivity contribution in [1.29, 1.82) is 0 Å². The van der Waals surface area contributed by atoms with E-state index in [0.29, 0.717) is 11.8 Å². The Labute approximate surface area is 87.4 Å². The summed E-state index contributed by atoms with van der Waals surface area (Å²) in [6, 6.07) is 0.0500. The van der Waals surface area contributed by atoms with Gasteiger partial charge in [0.2, 0.25) is 0 Å². The van der Waals surface area contributed by atoms with Crippen LogP contribution in [-0.2, 0) is 0 Å². The molecule has 2 atom stereocenters. The van der Waals surface area contributed by atoms with Crippen molar-refractivity contribution in [2.75, 3.05) is 13.1 Å². The fourth-order valence-electron chi connectivity index (χ4n) is 1.89. The minimum atomic E-state index is 0.0500. The number of nitrogens with one attached hydrogen (secondary N) is 1. The molecule has 2 amide bonds. The van der Waals surface area contributed by atoms with Crippen LogP contribution in [0.3, 0.4) is 0 Å². The normalized spacial score (nSPS) is 30.1. The van der Waals surface area contributed by atoms with Gasteiger partial charge in [0.05, 0.1) is 22.9 Å². The number of hydrogen-bond acceptors (Lipinski definition) is 1. The summed E-state index contributed by atoms with van der Waals surface area (Å²) in [7, 11) is 0. The van der Waals surface area contributed by atoms with Crippen molar-refractivity contribution >= 4 is 28.9 Å². The van der Waals surface area contributed by atoms with Gasteiger partial charge < -0.3 is 4.90 Å². The highest BCUT2D eigenvalue weighted by molar-refractivity contribution is 14.1. The Balaban J connectivity index is 2.49. The second-order valence-electron chi connectivity index (χ2n) is 3.75. The van der Waals surface area contributed by atoms with Crippen molar-refractivity contribution in [3.8, 4) is 0 Å². The van der Waals surface area contributed by atoms with Gasteiger partial charge in [0, 0.05) is 13.1 Å². The quantitative estimate of drug-likeness (QED) is 0.535. The molecule has 1 N–H and O–H groups in total. The minimum absolute atomic E-state index is 0.0500. The molecule has 0 aromatic heterocycles. The largest absolute Gasteiger partial charge is 0.326 e. The molecule has 1 rings (SSSR count). The van der Waals surface area contributed by atoms with E-state index in [0.717, 1.165) is 13.1 Å². The standard InChI is InChI=1S/C8H15IN2O/c1-6-3-7(2)5-11(4-6)8(12)10-9/h6-7H,3-5H2,1-2H3,(H,10,12). The van der Waals surface area contributed by atoms with E-state index in [1.165, 1.54) is 6.42 Å². The van der Waals surface area contributed by atoms with Crippen LogP contribution >= 0.6 is 22.9 Å². The zero-order valence-corrected chi connectivity index (χ0v) is 9.67. The molecule has 1 aliphatic rings. The van der Waals surface area contributed by atoms with Crippen molar-refractivity contribution in [2.24, 2.45) is 11.8 Å². The molecule has 3 nitrogen and oxygen atoms in total. The third-order valence-corrected chi connectivity index (χ3v) is 2.70. The van der Waals surface area contributed by atoms with Crippen LogP contribution in [0.2, 0.25) is 0 Å². The zero-order chi connectivity index (χ0) is 9.14. The molecule has 2 unspecified atom stereocenters. The molecule has 1 aliphatic heterocycles. The zero-order valence-electron chi connectivity index (χ0n) is 7.51. The molecular formula is C8H15IN2O. The van der Waals surface area contributed by atoms with E-state index in [9.17, 15) is 4.79 Å². The van der Waals surface area contributed by atoms with Gasteiger partial charge in [-0.3, -0.25) is 3.53 Å². The molecular weight excluding hydrogens is 267 g/mol. The Morgan fingerprint density at radius 1 is 1.42 bits per heavy atom. The van der Waals surface area contributed by atoms with Crippen molar-refractivity contribution in [1.82, 2.24) is 8.43 Å². The first-order valence-electron chi connectivity index (χ1n) is 4.29. The molecule has 0 spiro atoms. The molecule has 0 aromatic carbocycles. The van der Waals surface area contributed by atoms with E-state index < -0.39 is 0 Å². The molecule has 0 radical (unpaired) electrons. The van der Waals surface area contributed by atoms with Crippen LogP contribution in [0.15, 0.2) is 0 Å². The van der Waals surface area contributed by atoms with Crippen LogP contribution < -0.4 is 3.53 Å². The number of amides is 2. The summed E-state index contributed by atoms with van der Waals surface area (Å²) in [5.41, 5.74) is 0. The number of nitrogens with zero attached hydrogens (tertiary/aromatic N) is 1.